The number of aromatic amines is 1. The van der Waals surface area contributed by atoms with E-state index in [0.29, 0.717) is 11.2 Å². The van der Waals surface area contributed by atoms with Crippen LogP contribution in [0.25, 0.3) is 22.2 Å². The van der Waals surface area contributed by atoms with Crippen molar-refractivity contribution in [1.29, 1.82) is 0 Å². The molecule has 3 aromatic rings. The molecule has 0 atom stereocenters. The number of nitrogens with zero attached hydrogens (tertiary/aromatic N) is 4. The van der Waals surface area contributed by atoms with E-state index in [-0.39, 0.29) is 0 Å². The van der Waals surface area contributed by atoms with Crippen molar-refractivity contribution in [2.75, 3.05) is 19.6 Å². The fourth-order valence-corrected chi connectivity index (χ4v) is 2.78. The Hall–Kier alpha value is -2.67. The van der Waals surface area contributed by atoms with E-state index < -0.39 is 5.91 Å². The van der Waals surface area contributed by atoms with Crippen LogP contribution in [-0.4, -0.2) is 50.2 Å². The molecule has 0 saturated carbocycles. The van der Waals surface area contributed by atoms with Gasteiger partial charge in [-0.1, -0.05) is 13.8 Å². The van der Waals surface area contributed by atoms with Crippen molar-refractivity contribution in [3.05, 3.63) is 36.4 Å². The van der Waals surface area contributed by atoms with Gasteiger partial charge in [0.05, 0.1) is 18.3 Å². The van der Waals surface area contributed by atoms with Crippen LogP contribution in [0.3, 0.4) is 0 Å². The average Bonchev–Trinajstić information content (AvgIpc) is 3.22. The first-order chi connectivity index (χ1) is 11.6. The number of primary amides is 1. The van der Waals surface area contributed by atoms with Crippen molar-refractivity contribution >= 4 is 16.9 Å². The molecule has 0 bridgehead atoms. The Labute approximate surface area is 140 Å². The van der Waals surface area contributed by atoms with E-state index in [1.165, 1.54) is 0 Å². The Bertz CT molecular complexity index is 846. The molecule has 24 heavy (non-hydrogen) atoms. The number of hydrogen-bond acceptors (Lipinski definition) is 4. The van der Waals surface area contributed by atoms with Crippen LogP contribution >= 0.6 is 0 Å². The minimum absolute atomic E-state index is 0.452. The largest absolute Gasteiger partial charge is 0.366 e. The molecule has 0 radical (unpaired) electrons. The highest BCUT2D eigenvalue weighted by molar-refractivity contribution is 6.05. The van der Waals surface area contributed by atoms with E-state index in [1.54, 1.807) is 12.4 Å². The quantitative estimate of drug-likeness (QED) is 0.693. The second-order valence-electron chi connectivity index (χ2n) is 5.71. The van der Waals surface area contributed by atoms with Gasteiger partial charge in [0.1, 0.15) is 5.65 Å². The summed E-state index contributed by atoms with van der Waals surface area (Å²) in [4.78, 5) is 21.2. The first-order valence-electron chi connectivity index (χ1n) is 8.14. The van der Waals surface area contributed by atoms with E-state index in [1.807, 2.05) is 23.1 Å². The molecule has 1 amide bonds. The lowest BCUT2D eigenvalue weighted by atomic mass is 10.1. The Balaban J connectivity index is 1.83. The number of nitrogens with two attached hydrogens (primary N) is 1. The van der Waals surface area contributed by atoms with Crippen molar-refractivity contribution in [3.8, 4) is 11.1 Å². The van der Waals surface area contributed by atoms with Gasteiger partial charge in [-0.25, -0.2) is 4.98 Å². The molecule has 0 aromatic carbocycles. The molecule has 0 spiro atoms. The number of likely N-dealkylation sites (N-methyl/N-ethyl adjacent to an activating group) is 1. The number of H-pyrrole nitrogens is 1. The van der Waals surface area contributed by atoms with Crippen LogP contribution in [-0.2, 0) is 6.54 Å². The lowest BCUT2D eigenvalue weighted by molar-refractivity contribution is 0.100. The summed E-state index contributed by atoms with van der Waals surface area (Å²) in [6.07, 6.45) is 7.19. The van der Waals surface area contributed by atoms with Crippen molar-refractivity contribution in [2.24, 2.45) is 5.73 Å². The summed E-state index contributed by atoms with van der Waals surface area (Å²) < 4.78 is 1.93. The maximum absolute atomic E-state index is 11.5. The van der Waals surface area contributed by atoms with Gasteiger partial charge in [-0.3, -0.25) is 9.48 Å². The summed E-state index contributed by atoms with van der Waals surface area (Å²) >= 11 is 0. The highest BCUT2D eigenvalue weighted by Crippen LogP contribution is 2.24. The smallest absolute Gasteiger partial charge is 0.250 e. The van der Waals surface area contributed by atoms with Gasteiger partial charge in [-0.2, -0.15) is 5.10 Å². The fourth-order valence-electron chi connectivity index (χ4n) is 2.78. The number of amides is 1. The van der Waals surface area contributed by atoms with Gasteiger partial charge >= 0.3 is 0 Å². The van der Waals surface area contributed by atoms with Crippen molar-refractivity contribution < 1.29 is 4.79 Å². The Morgan fingerprint density at radius 2 is 2.08 bits per heavy atom. The topological polar surface area (TPSA) is 92.8 Å². The number of carbonyl (C=O) groups excluding carboxylic acids is 1. The van der Waals surface area contributed by atoms with Crippen LogP contribution in [0.1, 0.15) is 24.2 Å². The number of nitrogens with one attached hydrogen (secondary N) is 1. The second kappa shape index (κ2) is 6.84. The van der Waals surface area contributed by atoms with Crippen LogP contribution < -0.4 is 5.73 Å². The maximum Gasteiger partial charge on any atom is 0.250 e. The normalized spacial score (nSPS) is 11.5. The number of aromatic nitrogens is 4. The zero-order valence-corrected chi connectivity index (χ0v) is 14.0. The van der Waals surface area contributed by atoms with Gasteiger partial charge < -0.3 is 15.6 Å². The van der Waals surface area contributed by atoms with Gasteiger partial charge in [0.2, 0.25) is 0 Å². The summed E-state index contributed by atoms with van der Waals surface area (Å²) in [5.74, 6) is -0.463. The lowest BCUT2D eigenvalue weighted by Crippen LogP contribution is -2.27. The molecular formula is C17H22N6O. The van der Waals surface area contributed by atoms with Crippen LogP contribution in [0.4, 0.5) is 0 Å². The molecule has 126 valence electrons. The summed E-state index contributed by atoms with van der Waals surface area (Å²) in [6, 6.07) is 1.92. The number of carbonyl (C=O) groups is 1. The van der Waals surface area contributed by atoms with Crippen LogP contribution in [0.15, 0.2) is 30.9 Å². The first kappa shape index (κ1) is 16.2. The van der Waals surface area contributed by atoms with Gasteiger partial charge in [0, 0.05) is 41.6 Å². The molecule has 0 fully saturated rings. The number of pyridine rings is 1. The highest BCUT2D eigenvalue weighted by Gasteiger charge is 2.12. The predicted molar refractivity (Wildman–Crippen MR) is 93.6 cm³/mol. The van der Waals surface area contributed by atoms with Crippen LogP contribution in [0.2, 0.25) is 0 Å². The van der Waals surface area contributed by atoms with Crippen LogP contribution in [0, 0.1) is 0 Å². The highest BCUT2D eigenvalue weighted by atomic mass is 16.1. The summed E-state index contributed by atoms with van der Waals surface area (Å²) in [5, 5.41) is 5.15. The van der Waals surface area contributed by atoms with Crippen molar-refractivity contribution in [3.63, 3.8) is 0 Å². The lowest BCUT2D eigenvalue weighted by Gasteiger charge is -2.17. The molecule has 7 heteroatoms. The summed E-state index contributed by atoms with van der Waals surface area (Å²) in [5.41, 5.74) is 8.40. The molecule has 0 aliphatic heterocycles. The molecule has 0 aliphatic rings. The fraction of sp³-hybridized carbons (Fsp3) is 0.353. The SMILES string of the molecule is CCN(CC)CCn1cc(-c2cnc3[nH]cc(C(N)=O)c3c2)cn1. The molecular weight excluding hydrogens is 304 g/mol. The van der Waals surface area contributed by atoms with E-state index in [2.05, 4.69) is 33.8 Å². The van der Waals surface area contributed by atoms with Crippen molar-refractivity contribution in [1.82, 2.24) is 24.6 Å². The van der Waals surface area contributed by atoms with Crippen LogP contribution in [0.5, 0.6) is 0 Å². The van der Waals surface area contributed by atoms with Gasteiger partial charge in [-0.05, 0) is 19.2 Å². The average molecular weight is 326 g/mol. The Morgan fingerprint density at radius 1 is 1.29 bits per heavy atom. The molecule has 0 unspecified atom stereocenters. The minimum Gasteiger partial charge on any atom is -0.366 e. The van der Waals surface area contributed by atoms with E-state index in [0.717, 1.165) is 42.7 Å². The maximum atomic E-state index is 11.5. The number of hydrogen-bond donors (Lipinski definition) is 2. The number of rotatable bonds is 7. The van der Waals surface area contributed by atoms with E-state index in [4.69, 9.17) is 5.73 Å². The Kier molecular flexibility index (Phi) is 4.61. The minimum atomic E-state index is -0.463. The Morgan fingerprint density at radius 3 is 2.79 bits per heavy atom. The van der Waals surface area contributed by atoms with E-state index in [9.17, 15) is 4.79 Å². The van der Waals surface area contributed by atoms with Crippen molar-refractivity contribution in [2.45, 2.75) is 20.4 Å². The molecule has 3 rings (SSSR count). The number of fused-ring (bicyclic) bond motifs is 1. The van der Waals surface area contributed by atoms with Gasteiger partial charge in [0.25, 0.3) is 5.91 Å². The predicted octanol–water partition coefficient (Wildman–Crippen LogP) is 1.87. The zero-order chi connectivity index (χ0) is 17.1. The molecule has 0 saturated heterocycles. The van der Waals surface area contributed by atoms with Gasteiger partial charge in [-0.15, -0.1) is 0 Å². The van der Waals surface area contributed by atoms with E-state index >= 15 is 0 Å². The first-order valence-corrected chi connectivity index (χ1v) is 8.14. The molecule has 3 aromatic heterocycles. The molecule has 0 aliphatic carbocycles. The third-order valence-electron chi connectivity index (χ3n) is 4.30. The molecule has 3 heterocycles. The third-order valence-corrected chi connectivity index (χ3v) is 4.30. The third kappa shape index (κ3) is 3.16. The zero-order valence-electron chi connectivity index (χ0n) is 14.0. The van der Waals surface area contributed by atoms with Gasteiger partial charge in [0.15, 0.2) is 0 Å². The second-order valence-corrected chi connectivity index (χ2v) is 5.71. The molecule has 3 N–H and O–H groups in total. The summed E-state index contributed by atoms with van der Waals surface area (Å²) in [7, 11) is 0. The molecule has 7 nitrogen and oxygen atoms in total. The summed E-state index contributed by atoms with van der Waals surface area (Å²) in [6.45, 7) is 8.20. The monoisotopic (exact) mass is 326 g/mol. The standard InChI is InChI=1S/C17H22N6O/c1-3-22(4-2)5-6-23-11-13(9-21-23)12-7-14-15(16(18)24)10-20-17(14)19-8-12/h7-11H,3-6H2,1-2H3,(H2,18,24)(H,19,20).